The Morgan fingerprint density at radius 1 is 1.04 bits per heavy atom. The van der Waals surface area contributed by atoms with E-state index >= 15 is 0 Å². The standard InChI is InChI=1S/C17H16I2N2O4/c1-23-14-7-10(4-5-13(14)19)17(22)21-20-9-11-6-12(18)8-15(24-2)16(11)25-3/h4-9H,1-3H3,(H,21,22)/b20-9-. The Morgan fingerprint density at radius 2 is 1.76 bits per heavy atom. The Bertz CT molecular complexity index is 809. The maximum Gasteiger partial charge on any atom is 0.271 e. The van der Waals surface area contributed by atoms with Gasteiger partial charge in [0, 0.05) is 14.7 Å². The van der Waals surface area contributed by atoms with Gasteiger partial charge in [-0.1, -0.05) is 0 Å². The molecule has 0 radical (unpaired) electrons. The van der Waals surface area contributed by atoms with Crippen LogP contribution in [0.25, 0.3) is 0 Å². The van der Waals surface area contributed by atoms with E-state index in [0.717, 1.165) is 7.14 Å². The van der Waals surface area contributed by atoms with E-state index in [1.54, 1.807) is 33.5 Å². The van der Waals surface area contributed by atoms with E-state index in [-0.39, 0.29) is 5.91 Å². The molecule has 8 heteroatoms. The van der Waals surface area contributed by atoms with Gasteiger partial charge in [0.05, 0.1) is 31.1 Å². The number of benzene rings is 2. The van der Waals surface area contributed by atoms with Crippen LogP contribution in [0.5, 0.6) is 17.2 Å². The molecule has 0 unspecified atom stereocenters. The highest BCUT2D eigenvalue weighted by molar-refractivity contribution is 14.1. The number of hydrazone groups is 1. The fourth-order valence-corrected chi connectivity index (χ4v) is 3.25. The summed E-state index contributed by atoms with van der Waals surface area (Å²) in [6.07, 6.45) is 1.52. The smallest absolute Gasteiger partial charge is 0.271 e. The van der Waals surface area contributed by atoms with Crippen LogP contribution < -0.4 is 19.6 Å². The van der Waals surface area contributed by atoms with E-state index in [0.29, 0.717) is 28.4 Å². The SMILES string of the molecule is COc1cc(C(=O)N/N=C\c2cc(I)cc(OC)c2OC)ccc1I. The Kier molecular flexibility index (Phi) is 7.29. The van der Waals surface area contributed by atoms with Crippen molar-refractivity contribution >= 4 is 57.3 Å². The van der Waals surface area contributed by atoms with Crippen LogP contribution >= 0.6 is 45.2 Å². The average molecular weight is 566 g/mol. The normalized spacial score (nSPS) is 10.6. The minimum Gasteiger partial charge on any atom is -0.496 e. The van der Waals surface area contributed by atoms with Crippen molar-refractivity contribution in [1.29, 1.82) is 0 Å². The number of rotatable bonds is 6. The number of halogens is 2. The van der Waals surface area contributed by atoms with Crippen LogP contribution in [0.3, 0.4) is 0 Å². The summed E-state index contributed by atoms with van der Waals surface area (Å²) >= 11 is 4.32. The van der Waals surface area contributed by atoms with E-state index in [9.17, 15) is 4.79 Å². The molecule has 0 heterocycles. The molecule has 1 amide bonds. The molecule has 0 fully saturated rings. The molecule has 0 bridgehead atoms. The van der Waals surface area contributed by atoms with Gasteiger partial charge in [0.25, 0.3) is 5.91 Å². The summed E-state index contributed by atoms with van der Waals surface area (Å²) in [6.45, 7) is 0. The van der Waals surface area contributed by atoms with Crippen LogP contribution in [-0.2, 0) is 0 Å². The molecule has 0 aliphatic rings. The molecule has 2 rings (SSSR count). The van der Waals surface area contributed by atoms with Gasteiger partial charge in [-0.3, -0.25) is 4.79 Å². The summed E-state index contributed by atoms with van der Waals surface area (Å²) < 4.78 is 17.8. The maximum absolute atomic E-state index is 12.2. The van der Waals surface area contributed by atoms with Crippen molar-refractivity contribution in [2.24, 2.45) is 5.10 Å². The number of carbonyl (C=O) groups is 1. The lowest BCUT2D eigenvalue weighted by Crippen LogP contribution is -2.17. The summed E-state index contributed by atoms with van der Waals surface area (Å²) in [5, 5.41) is 4.01. The second-order valence-electron chi connectivity index (χ2n) is 4.78. The zero-order chi connectivity index (χ0) is 18.4. The third-order valence-corrected chi connectivity index (χ3v) is 4.77. The number of carbonyl (C=O) groups excluding carboxylic acids is 1. The van der Waals surface area contributed by atoms with Gasteiger partial charge in [-0.25, -0.2) is 5.43 Å². The lowest BCUT2D eigenvalue weighted by Gasteiger charge is -2.11. The van der Waals surface area contributed by atoms with Gasteiger partial charge < -0.3 is 14.2 Å². The Labute approximate surface area is 173 Å². The molecule has 132 valence electrons. The molecule has 0 aliphatic heterocycles. The van der Waals surface area contributed by atoms with Gasteiger partial charge in [-0.15, -0.1) is 0 Å². The number of amides is 1. The summed E-state index contributed by atoms with van der Waals surface area (Å²) in [6, 6.07) is 8.93. The lowest BCUT2D eigenvalue weighted by atomic mass is 10.2. The molecule has 0 spiro atoms. The van der Waals surface area contributed by atoms with Crippen molar-refractivity contribution in [2.45, 2.75) is 0 Å². The molecule has 0 saturated heterocycles. The molecular weight excluding hydrogens is 550 g/mol. The third-order valence-electron chi connectivity index (χ3n) is 3.26. The molecule has 0 aromatic heterocycles. The fourth-order valence-electron chi connectivity index (χ4n) is 2.08. The number of methoxy groups -OCH3 is 3. The lowest BCUT2D eigenvalue weighted by molar-refractivity contribution is 0.0954. The Balaban J connectivity index is 2.18. The van der Waals surface area contributed by atoms with Crippen LogP contribution in [-0.4, -0.2) is 33.5 Å². The van der Waals surface area contributed by atoms with Crippen LogP contribution in [0.1, 0.15) is 15.9 Å². The molecule has 0 saturated carbocycles. The van der Waals surface area contributed by atoms with Crippen molar-refractivity contribution in [3.05, 3.63) is 48.6 Å². The van der Waals surface area contributed by atoms with Crippen LogP contribution in [0, 0.1) is 7.14 Å². The quantitative estimate of drug-likeness (QED) is 0.330. The average Bonchev–Trinajstić information content (AvgIpc) is 2.61. The minimum absolute atomic E-state index is 0.331. The van der Waals surface area contributed by atoms with E-state index in [2.05, 4.69) is 55.7 Å². The highest BCUT2D eigenvalue weighted by atomic mass is 127. The highest BCUT2D eigenvalue weighted by Crippen LogP contribution is 2.32. The van der Waals surface area contributed by atoms with E-state index in [1.807, 2.05) is 18.2 Å². The first-order chi connectivity index (χ1) is 12.0. The van der Waals surface area contributed by atoms with Gasteiger partial charge in [-0.2, -0.15) is 5.10 Å². The predicted octanol–water partition coefficient (Wildman–Crippen LogP) is 3.69. The molecule has 1 N–H and O–H groups in total. The van der Waals surface area contributed by atoms with Gasteiger partial charge in [0.15, 0.2) is 11.5 Å². The number of nitrogens with one attached hydrogen (secondary N) is 1. The van der Waals surface area contributed by atoms with Crippen LogP contribution in [0.4, 0.5) is 0 Å². The van der Waals surface area contributed by atoms with Gasteiger partial charge in [0.1, 0.15) is 5.75 Å². The van der Waals surface area contributed by atoms with Crippen molar-refractivity contribution in [1.82, 2.24) is 5.43 Å². The number of nitrogens with zero attached hydrogens (tertiary/aromatic N) is 1. The van der Waals surface area contributed by atoms with Gasteiger partial charge in [0.2, 0.25) is 0 Å². The molecule has 0 aliphatic carbocycles. The Hall–Kier alpha value is -1.56. The molecular formula is C17H16I2N2O4. The van der Waals surface area contributed by atoms with Crippen molar-refractivity contribution in [3.8, 4) is 17.2 Å². The molecule has 2 aromatic rings. The number of ether oxygens (including phenoxy) is 3. The van der Waals surface area contributed by atoms with Crippen molar-refractivity contribution < 1.29 is 19.0 Å². The zero-order valence-electron chi connectivity index (χ0n) is 13.8. The first-order valence-corrected chi connectivity index (χ1v) is 9.24. The van der Waals surface area contributed by atoms with Crippen molar-refractivity contribution in [2.75, 3.05) is 21.3 Å². The summed E-state index contributed by atoms with van der Waals surface area (Å²) in [5.41, 5.74) is 3.66. The molecule has 0 atom stereocenters. The number of hydrogen-bond acceptors (Lipinski definition) is 5. The summed E-state index contributed by atoms with van der Waals surface area (Å²) in [4.78, 5) is 12.2. The first-order valence-electron chi connectivity index (χ1n) is 7.08. The minimum atomic E-state index is -0.331. The van der Waals surface area contributed by atoms with E-state index in [4.69, 9.17) is 14.2 Å². The van der Waals surface area contributed by atoms with E-state index < -0.39 is 0 Å². The largest absolute Gasteiger partial charge is 0.496 e. The monoisotopic (exact) mass is 566 g/mol. The van der Waals surface area contributed by atoms with Gasteiger partial charge in [-0.05, 0) is 75.5 Å². The third kappa shape index (κ3) is 4.97. The highest BCUT2D eigenvalue weighted by Gasteiger charge is 2.11. The molecule has 6 nitrogen and oxygen atoms in total. The van der Waals surface area contributed by atoms with Crippen molar-refractivity contribution in [3.63, 3.8) is 0 Å². The fraction of sp³-hybridized carbons (Fsp3) is 0.176. The van der Waals surface area contributed by atoms with Crippen LogP contribution in [0.2, 0.25) is 0 Å². The maximum atomic E-state index is 12.2. The first kappa shape index (κ1) is 19.8. The summed E-state index contributed by atoms with van der Waals surface area (Å²) in [7, 11) is 4.69. The molecule has 2 aromatic carbocycles. The molecule has 25 heavy (non-hydrogen) atoms. The predicted molar refractivity (Wildman–Crippen MR) is 113 cm³/mol. The van der Waals surface area contributed by atoms with Crippen LogP contribution in [0.15, 0.2) is 35.4 Å². The second-order valence-corrected chi connectivity index (χ2v) is 7.19. The number of hydrogen-bond donors (Lipinski definition) is 1. The summed E-state index contributed by atoms with van der Waals surface area (Å²) in [5.74, 6) is 1.46. The van der Waals surface area contributed by atoms with Gasteiger partial charge >= 0.3 is 0 Å². The Morgan fingerprint density at radius 3 is 2.40 bits per heavy atom. The topological polar surface area (TPSA) is 69.2 Å². The van der Waals surface area contributed by atoms with E-state index in [1.165, 1.54) is 6.21 Å². The second kappa shape index (κ2) is 9.22. The zero-order valence-corrected chi connectivity index (χ0v) is 18.1.